The number of nitrogens with zero attached hydrogens (tertiary/aromatic N) is 2. The van der Waals surface area contributed by atoms with E-state index in [9.17, 15) is 14.4 Å². The van der Waals surface area contributed by atoms with E-state index in [1.807, 2.05) is 30.3 Å². The number of hydrogen-bond acceptors (Lipinski definition) is 4. The summed E-state index contributed by atoms with van der Waals surface area (Å²) in [7, 11) is 0. The van der Waals surface area contributed by atoms with Gasteiger partial charge in [-0.25, -0.2) is 0 Å². The van der Waals surface area contributed by atoms with E-state index in [1.165, 1.54) is 10.5 Å². The summed E-state index contributed by atoms with van der Waals surface area (Å²) in [6.07, 6.45) is 0.839. The molecule has 4 rings (SSSR count). The molecule has 1 atom stereocenters. The summed E-state index contributed by atoms with van der Waals surface area (Å²) in [5.74, 6) is -0.701. The minimum Gasteiger partial charge on any atom is -0.374 e. The second-order valence-corrected chi connectivity index (χ2v) is 7.08. The van der Waals surface area contributed by atoms with Gasteiger partial charge < -0.3 is 9.64 Å². The third kappa shape index (κ3) is 3.68. The number of carbonyl (C=O) groups is 3. The number of fused-ring (bicyclic) bond motifs is 1. The third-order valence-corrected chi connectivity index (χ3v) is 5.23. The number of carbonyl (C=O) groups excluding carboxylic acids is 3. The molecule has 2 aromatic carbocycles. The number of imide groups is 1. The van der Waals surface area contributed by atoms with E-state index in [4.69, 9.17) is 4.74 Å². The van der Waals surface area contributed by atoms with Crippen LogP contribution in [0.3, 0.4) is 0 Å². The van der Waals surface area contributed by atoms with Crippen LogP contribution < -0.4 is 0 Å². The molecular formula is C22H22N2O4. The molecule has 0 spiro atoms. The molecule has 0 N–H and O–H groups in total. The maximum Gasteiger partial charge on any atom is 0.261 e. The van der Waals surface area contributed by atoms with Crippen molar-refractivity contribution >= 4 is 17.7 Å². The second kappa shape index (κ2) is 7.94. The van der Waals surface area contributed by atoms with E-state index in [2.05, 4.69) is 0 Å². The largest absolute Gasteiger partial charge is 0.374 e. The van der Waals surface area contributed by atoms with Crippen LogP contribution in [-0.2, 0) is 16.0 Å². The van der Waals surface area contributed by atoms with Gasteiger partial charge in [0.2, 0.25) is 5.91 Å². The molecule has 28 heavy (non-hydrogen) atoms. The Labute approximate surface area is 163 Å². The predicted molar refractivity (Wildman–Crippen MR) is 103 cm³/mol. The van der Waals surface area contributed by atoms with Crippen molar-refractivity contribution in [2.45, 2.75) is 18.9 Å². The van der Waals surface area contributed by atoms with Crippen LogP contribution in [-0.4, -0.2) is 59.9 Å². The first-order valence-electron chi connectivity index (χ1n) is 9.52. The van der Waals surface area contributed by atoms with Crippen LogP contribution >= 0.6 is 0 Å². The molecule has 6 heteroatoms. The van der Waals surface area contributed by atoms with Crippen molar-refractivity contribution in [1.82, 2.24) is 9.80 Å². The lowest BCUT2D eigenvalue weighted by Crippen LogP contribution is -2.47. The van der Waals surface area contributed by atoms with E-state index < -0.39 is 0 Å². The Bertz CT molecular complexity index is 861. The highest BCUT2D eigenvalue weighted by Crippen LogP contribution is 2.22. The number of hydrogen-bond donors (Lipinski definition) is 0. The van der Waals surface area contributed by atoms with Crippen LogP contribution in [0.5, 0.6) is 0 Å². The summed E-state index contributed by atoms with van der Waals surface area (Å²) < 4.78 is 5.80. The molecule has 1 saturated heterocycles. The smallest absolute Gasteiger partial charge is 0.261 e. The maximum atomic E-state index is 12.7. The quantitative estimate of drug-likeness (QED) is 0.748. The summed E-state index contributed by atoms with van der Waals surface area (Å²) >= 11 is 0. The number of morpholine rings is 1. The van der Waals surface area contributed by atoms with Gasteiger partial charge in [0, 0.05) is 32.5 Å². The predicted octanol–water partition coefficient (Wildman–Crippen LogP) is 2.14. The average molecular weight is 378 g/mol. The zero-order valence-electron chi connectivity index (χ0n) is 15.5. The Morgan fingerprint density at radius 3 is 2.29 bits per heavy atom. The van der Waals surface area contributed by atoms with Crippen molar-refractivity contribution < 1.29 is 19.1 Å². The standard InChI is InChI=1S/C22H22N2O4/c25-20(10-11-24-21(26)18-8-4-5-9-19(18)22(24)27)23-12-13-28-17(15-23)14-16-6-2-1-3-7-16/h1-9,17H,10-15H2. The minimum atomic E-state index is -0.322. The molecule has 6 nitrogen and oxygen atoms in total. The Morgan fingerprint density at radius 1 is 0.964 bits per heavy atom. The van der Waals surface area contributed by atoms with E-state index in [1.54, 1.807) is 29.2 Å². The van der Waals surface area contributed by atoms with Crippen molar-refractivity contribution in [2.24, 2.45) is 0 Å². The number of ether oxygens (including phenoxy) is 1. The van der Waals surface area contributed by atoms with Crippen LogP contribution in [0.15, 0.2) is 54.6 Å². The van der Waals surface area contributed by atoms with Crippen LogP contribution in [0.4, 0.5) is 0 Å². The molecule has 144 valence electrons. The lowest BCUT2D eigenvalue weighted by Gasteiger charge is -2.33. The Hall–Kier alpha value is -2.99. The fourth-order valence-electron chi connectivity index (χ4n) is 3.75. The molecule has 3 amide bonds. The molecule has 0 radical (unpaired) electrons. The summed E-state index contributed by atoms with van der Waals surface area (Å²) in [4.78, 5) is 40.4. The van der Waals surface area contributed by atoms with Crippen molar-refractivity contribution in [1.29, 1.82) is 0 Å². The number of amides is 3. The van der Waals surface area contributed by atoms with Gasteiger partial charge in [-0.05, 0) is 17.7 Å². The summed E-state index contributed by atoms with van der Waals surface area (Å²) in [6.45, 7) is 1.66. The van der Waals surface area contributed by atoms with Crippen LogP contribution in [0.25, 0.3) is 0 Å². The zero-order chi connectivity index (χ0) is 19.5. The normalized spacial score (nSPS) is 19.1. The molecule has 2 aromatic rings. The zero-order valence-corrected chi connectivity index (χ0v) is 15.5. The Balaban J connectivity index is 1.33. The van der Waals surface area contributed by atoms with E-state index in [0.29, 0.717) is 30.8 Å². The van der Waals surface area contributed by atoms with Gasteiger partial charge >= 0.3 is 0 Å². The van der Waals surface area contributed by atoms with E-state index in [-0.39, 0.29) is 36.8 Å². The summed E-state index contributed by atoms with van der Waals surface area (Å²) in [5.41, 5.74) is 2.00. The lowest BCUT2D eigenvalue weighted by atomic mass is 10.1. The van der Waals surface area contributed by atoms with Crippen LogP contribution in [0, 0.1) is 0 Å². The summed E-state index contributed by atoms with van der Waals surface area (Å²) in [5, 5.41) is 0. The minimum absolute atomic E-state index is 0.0422. The first-order chi connectivity index (χ1) is 13.6. The van der Waals surface area contributed by atoms with Gasteiger partial charge in [-0.1, -0.05) is 42.5 Å². The summed E-state index contributed by atoms with van der Waals surface area (Å²) in [6, 6.07) is 16.8. The first kappa shape index (κ1) is 18.4. The maximum absolute atomic E-state index is 12.7. The monoisotopic (exact) mass is 378 g/mol. The Morgan fingerprint density at radius 2 is 1.61 bits per heavy atom. The van der Waals surface area contributed by atoms with Gasteiger partial charge in [0.05, 0.1) is 23.8 Å². The highest BCUT2D eigenvalue weighted by atomic mass is 16.5. The third-order valence-electron chi connectivity index (χ3n) is 5.23. The highest BCUT2D eigenvalue weighted by molar-refractivity contribution is 6.21. The number of benzene rings is 2. The van der Waals surface area contributed by atoms with Crippen LogP contribution in [0.1, 0.15) is 32.7 Å². The van der Waals surface area contributed by atoms with Crippen molar-refractivity contribution in [3.05, 3.63) is 71.3 Å². The molecule has 0 bridgehead atoms. The first-order valence-corrected chi connectivity index (χ1v) is 9.52. The van der Waals surface area contributed by atoms with Crippen molar-refractivity contribution in [2.75, 3.05) is 26.2 Å². The van der Waals surface area contributed by atoms with Crippen molar-refractivity contribution in [3.8, 4) is 0 Å². The lowest BCUT2D eigenvalue weighted by molar-refractivity contribution is -0.138. The van der Waals surface area contributed by atoms with E-state index in [0.717, 1.165) is 6.42 Å². The number of rotatable bonds is 5. The average Bonchev–Trinajstić information content (AvgIpc) is 2.97. The Kier molecular flexibility index (Phi) is 5.21. The molecule has 1 fully saturated rings. The fraction of sp³-hybridized carbons (Fsp3) is 0.318. The second-order valence-electron chi connectivity index (χ2n) is 7.08. The molecule has 2 aliphatic rings. The fourth-order valence-corrected chi connectivity index (χ4v) is 3.75. The van der Waals surface area contributed by atoms with Gasteiger partial charge in [-0.3, -0.25) is 19.3 Å². The van der Waals surface area contributed by atoms with Crippen molar-refractivity contribution in [3.63, 3.8) is 0 Å². The molecule has 0 aliphatic carbocycles. The molecule has 0 aromatic heterocycles. The molecule has 0 saturated carbocycles. The molecular weight excluding hydrogens is 356 g/mol. The molecule has 2 aliphatic heterocycles. The van der Waals surface area contributed by atoms with Gasteiger partial charge in [0.15, 0.2) is 0 Å². The van der Waals surface area contributed by atoms with Gasteiger partial charge in [0.1, 0.15) is 0 Å². The SMILES string of the molecule is O=C(CCN1C(=O)c2ccccc2C1=O)N1CCOC(Cc2ccccc2)C1. The van der Waals surface area contributed by atoms with E-state index >= 15 is 0 Å². The van der Waals surface area contributed by atoms with Gasteiger partial charge in [-0.2, -0.15) is 0 Å². The van der Waals surface area contributed by atoms with Gasteiger partial charge in [-0.15, -0.1) is 0 Å². The van der Waals surface area contributed by atoms with Gasteiger partial charge in [0.25, 0.3) is 11.8 Å². The molecule has 1 unspecified atom stereocenters. The highest BCUT2D eigenvalue weighted by Gasteiger charge is 2.35. The van der Waals surface area contributed by atoms with Crippen LogP contribution in [0.2, 0.25) is 0 Å². The topological polar surface area (TPSA) is 66.9 Å². The molecule has 2 heterocycles.